The summed E-state index contributed by atoms with van der Waals surface area (Å²) in [6, 6.07) is 20.7. The molecule has 0 spiro atoms. The number of nitrogens with zero attached hydrogens (tertiary/aromatic N) is 2. The Labute approximate surface area is 195 Å². The number of carbonyl (C=O) groups is 1. The molecule has 3 rings (SSSR count). The lowest BCUT2D eigenvalue weighted by Gasteiger charge is -2.28. The van der Waals surface area contributed by atoms with Gasteiger partial charge < -0.3 is 14.4 Å². The number of hydrogen-bond acceptors (Lipinski definition) is 5. The first-order valence-corrected chi connectivity index (χ1v) is 11.8. The minimum atomic E-state index is -4.07. The van der Waals surface area contributed by atoms with Crippen LogP contribution in [0.4, 0.5) is 5.69 Å². The summed E-state index contributed by atoms with van der Waals surface area (Å²) in [7, 11) is 0.519. The lowest BCUT2D eigenvalue weighted by molar-refractivity contribution is -0.128. The molecule has 0 aliphatic heterocycles. The van der Waals surface area contributed by atoms with Gasteiger partial charge in [0.1, 0.15) is 18.0 Å². The van der Waals surface area contributed by atoms with E-state index in [1.807, 2.05) is 31.2 Å². The summed E-state index contributed by atoms with van der Waals surface area (Å²) in [6.07, 6.45) is 0. The Kier molecular flexibility index (Phi) is 7.60. The summed E-state index contributed by atoms with van der Waals surface area (Å²) in [5.74, 6) is 0.392. The predicted octanol–water partition coefficient (Wildman–Crippen LogP) is 3.87. The number of carbonyl (C=O) groups excluding carboxylic acids is 1. The summed E-state index contributed by atoms with van der Waals surface area (Å²) < 4.78 is 39.0. The van der Waals surface area contributed by atoms with E-state index in [1.54, 1.807) is 43.4 Å². The number of benzene rings is 3. The zero-order valence-corrected chi connectivity index (χ0v) is 20.0. The average molecular weight is 469 g/mol. The Morgan fingerprint density at radius 3 is 2.18 bits per heavy atom. The third kappa shape index (κ3) is 5.64. The minimum Gasteiger partial charge on any atom is -0.497 e. The van der Waals surface area contributed by atoms with E-state index in [-0.39, 0.29) is 16.5 Å². The molecule has 0 N–H and O–H groups in total. The third-order valence-electron chi connectivity index (χ3n) is 5.23. The van der Waals surface area contributed by atoms with Gasteiger partial charge in [-0.1, -0.05) is 48.0 Å². The van der Waals surface area contributed by atoms with Gasteiger partial charge in [-0.2, -0.15) is 0 Å². The van der Waals surface area contributed by atoms with Crippen LogP contribution in [0.1, 0.15) is 11.1 Å². The van der Waals surface area contributed by atoms with Crippen LogP contribution in [0.5, 0.6) is 11.5 Å². The van der Waals surface area contributed by atoms with Crippen molar-refractivity contribution in [3.63, 3.8) is 0 Å². The molecule has 0 heterocycles. The quantitative estimate of drug-likeness (QED) is 0.477. The van der Waals surface area contributed by atoms with E-state index >= 15 is 0 Å². The summed E-state index contributed by atoms with van der Waals surface area (Å²) in [6.45, 7) is 1.95. The number of anilines is 1. The predicted molar refractivity (Wildman–Crippen MR) is 128 cm³/mol. The van der Waals surface area contributed by atoms with Crippen molar-refractivity contribution in [3.8, 4) is 11.5 Å². The topological polar surface area (TPSA) is 76.2 Å². The summed E-state index contributed by atoms with van der Waals surface area (Å²) in [5, 5.41) is 0. The fraction of sp³-hybridized carbons (Fsp3) is 0.240. The van der Waals surface area contributed by atoms with Gasteiger partial charge in [0, 0.05) is 19.7 Å². The van der Waals surface area contributed by atoms with Gasteiger partial charge in [-0.05, 0) is 36.8 Å². The lowest BCUT2D eigenvalue weighted by atomic mass is 10.1. The molecule has 0 saturated carbocycles. The van der Waals surface area contributed by atoms with Gasteiger partial charge in [0.2, 0.25) is 5.91 Å². The molecule has 0 saturated heterocycles. The van der Waals surface area contributed by atoms with Gasteiger partial charge in [0.25, 0.3) is 10.0 Å². The second-order valence-corrected chi connectivity index (χ2v) is 9.46. The van der Waals surface area contributed by atoms with Crippen molar-refractivity contribution in [2.75, 3.05) is 32.1 Å². The number of likely N-dealkylation sites (N-methyl/N-ethyl adjacent to an activating group) is 1. The van der Waals surface area contributed by atoms with Crippen LogP contribution in [0.3, 0.4) is 0 Å². The number of aryl methyl sites for hydroxylation is 1. The van der Waals surface area contributed by atoms with Crippen molar-refractivity contribution >= 4 is 21.6 Å². The third-order valence-corrected chi connectivity index (χ3v) is 7.00. The largest absolute Gasteiger partial charge is 0.497 e. The van der Waals surface area contributed by atoms with Crippen LogP contribution < -0.4 is 13.8 Å². The normalized spacial score (nSPS) is 11.0. The van der Waals surface area contributed by atoms with Gasteiger partial charge >= 0.3 is 0 Å². The Bertz CT molecular complexity index is 1200. The average Bonchev–Trinajstić information content (AvgIpc) is 2.83. The van der Waals surface area contributed by atoms with Gasteiger partial charge in [0.05, 0.1) is 24.8 Å². The van der Waals surface area contributed by atoms with Gasteiger partial charge in [0.15, 0.2) is 0 Å². The standard InChI is InChI=1S/C25H28N2O5S/c1-19-10-12-20(13-11-19)17-26(2)25(28)18-27(33(29,30)22-8-6-5-7-9-22)23-16-21(31-3)14-15-24(23)32-4/h5-16H,17-18H2,1-4H3. The van der Waals surface area contributed by atoms with Gasteiger partial charge in [-0.25, -0.2) is 8.42 Å². The number of sulfonamides is 1. The number of methoxy groups -OCH3 is 2. The van der Waals surface area contributed by atoms with Crippen LogP contribution in [-0.4, -0.2) is 47.0 Å². The van der Waals surface area contributed by atoms with Crippen LogP contribution in [0.15, 0.2) is 77.7 Å². The van der Waals surface area contributed by atoms with Crippen molar-refractivity contribution in [1.82, 2.24) is 4.90 Å². The number of amides is 1. The first-order chi connectivity index (χ1) is 15.8. The van der Waals surface area contributed by atoms with E-state index in [0.29, 0.717) is 18.0 Å². The molecule has 0 unspecified atom stereocenters. The van der Waals surface area contributed by atoms with E-state index in [4.69, 9.17) is 9.47 Å². The van der Waals surface area contributed by atoms with Gasteiger partial charge in [-0.3, -0.25) is 9.10 Å². The maximum atomic E-state index is 13.6. The van der Waals surface area contributed by atoms with Crippen molar-refractivity contribution in [2.45, 2.75) is 18.4 Å². The molecule has 1 amide bonds. The van der Waals surface area contributed by atoms with E-state index < -0.39 is 16.6 Å². The highest BCUT2D eigenvalue weighted by Crippen LogP contribution is 2.35. The Morgan fingerprint density at radius 1 is 0.909 bits per heavy atom. The molecule has 0 aliphatic carbocycles. The van der Waals surface area contributed by atoms with Crippen LogP contribution in [0, 0.1) is 6.92 Å². The second-order valence-electron chi connectivity index (χ2n) is 7.60. The fourth-order valence-corrected chi connectivity index (χ4v) is 4.75. The smallest absolute Gasteiger partial charge is 0.264 e. The molecule has 3 aromatic rings. The first-order valence-electron chi connectivity index (χ1n) is 10.4. The van der Waals surface area contributed by atoms with E-state index in [2.05, 4.69) is 0 Å². The van der Waals surface area contributed by atoms with E-state index in [1.165, 1.54) is 31.3 Å². The fourth-order valence-electron chi connectivity index (χ4n) is 3.31. The molecule has 7 nitrogen and oxygen atoms in total. The zero-order valence-electron chi connectivity index (χ0n) is 19.2. The zero-order chi connectivity index (χ0) is 24.0. The molecule has 8 heteroatoms. The molecule has 0 atom stereocenters. The summed E-state index contributed by atoms with van der Waals surface area (Å²) in [5.41, 5.74) is 2.30. The first kappa shape index (κ1) is 24.1. The molecular formula is C25H28N2O5S. The Morgan fingerprint density at radius 2 is 1.58 bits per heavy atom. The molecule has 33 heavy (non-hydrogen) atoms. The lowest BCUT2D eigenvalue weighted by Crippen LogP contribution is -2.41. The number of rotatable bonds is 9. The van der Waals surface area contributed by atoms with Crippen molar-refractivity contribution in [2.24, 2.45) is 0 Å². The highest BCUT2D eigenvalue weighted by Gasteiger charge is 2.30. The molecule has 0 bridgehead atoms. The second kappa shape index (κ2) is 10.4. The van der Waals surface area contributed by atoms with Crippen LogP contribution in [-0.2, 0) is 21.4 Å². The molecular weight excluding hydrogens is 440 g/mol. The molecule has 0 aromatic heterocycles. The minimum absolute atomic E-state index is 0.0730. The SMILES string of the molecule is COc1ccc(OC)c(N(CC(=O)N(C)Cc2ccc(C)cc2)S(=O)(=O)c2ccccc2)c1. The van der Waals surface area contributed by atoms with Crippen molar-refractivity contribution in [1.29, 1.82) is 0 Å². The van der Waals surface area contributed by atoms with Crippen LogP contribution in [0.2, 0.25) is 0 Å². The highest BCUT2D eigenvalue weighted by molar-refractivity contribution is 7.92. The maximum absolute atomic E-state index is 13.6. The van der Waals surface area contributed by atoms with E-state index in [0.717, 1.165) is 15.4 Å². The summed E-state index contributed by atoms with van der Waals surface area (Å²) in [4.78, 5) is 14.8. The molecule has 0 fully saturated rings. The maximum Gasteiger partial charge on any atom is 0.264 e. The number of ether oxygens (including phenoxy) is 2. The van der Waals surface area contributed by atoms with Crippen LogP contribution >= 0.6 is 0 Å². The van der Waals surface area contributed by atoms with Gasteiger partial charge in [-0.15, -0.1) is 0 Å². The molecule has 3 aromatic carbocycles. The highest BCUT2D eigenvalue weighted by atomic mass is 32.2. The van der Waals surface area contributed by atoms with Crippen LogP contribution in [0.25, 0.3) is 0 Å². The molecule has 0 radical (unpaired) electrons. The molecule has 174 valence electrons. The number of hydrogen-bond donors (Lipinski definition) is 0. The Hall–Kier alpha value is -3.52. The molecule has 0 aliphatic rings. The monoisotopic (exact) mass is 468 g/mol. The Balaban J connectivity index is 1.99. The summed E-state index contributed by atoms with van der Waals surface area (Å²) >= 11 is 0. The van der Waals surface area contributed by atoms with Crippen molar-refractivity contribution < 1.29 is 22.7 Å². The van der Waals surface area contributed by atoms with E-state index in [9.17, 15) is 13.2 Å². The van der Waals surface area contributed by atoms with Crippen molar-refractivity contribution in [3.05, 3.63) is 83.9 Å².